The van der Waals surface area contributed by atoms with Crippen molar-refractivity contribution < 1.29 is 14.3 Å². The summed E-state index contributed by atoms with van der Waals surface area (Å²) in [5.74, 6) is 1.63. The first-order valence-electron chi connectivity index (χ1n) is 8.22. The summed E-state index contributed by atoms with van der Waals surface area (Å²) in [5, 5.41) is 16.8. The van der Waals surface area contributed by atoms with E-state index in [1.54, 1.807) is 6.07 Å². The molecule has 0 unspecified atom stereocenters. The highest BCUT2D eigenvalue weighted by atomic mass is 16.6. The van der Waals surface area contributed by atoms with E-state index in [1.807, 2.05) is 37.3 Å². The third kappa shape index (κ3) is 3.21. The summed E-state index contributed by atoms with van der Waals surface area (Å²) < 4.78 is 11.1. The van der Waals surface area contributed by atoms with Gasteiger partial charge in [0.2, 0.25) is 5.82 Å². The smallest absolute Gasteiger partial charge is 0.251 e. The second-order valence-electron chi connectivity index (χ2n) is 5.93. The minimum absolute atomic E-state index is 0.163. The number of nitrogens with one attached hydrogen (secondary N) is 2. The number of H-pyrrole nitrogens is 1. The topological polar surface area (TPSA) is 102 Å². The molecular weight excluding hydrogens is 334 g/mol. The van der Waals surface area contributed by atoms with E-state index in [-0.39, 0.29) is 5.91 Å². The molecule has 1 aromatic heterocycles. The van der Waals surface area contributed by atoms with Crippen LogP contribution in [0, 0.1) is 6.92 Å². The van der Waals surface area contributed by atoms with Crippen molar-refractivity contribution in [3.63, 3.8) is 0 Å². The molecule has 1 aliphatic rings. The number of aryl methyl sites for hydroxylation is 1. The van der Waals surface area contributed by atoms with E-state index >= 15 is 0 Å². The third-order valence-electron chi connectivity index (χ3n) is 4.12. The first-order valence-corrected chi connectivity index (χ1v) is 8.22. The lowest BCUT2D eigenvalue weighted by atomic mass is 10.1. The first kappa shape index (κ1) is 16.1. The minimum atomic E-state index is -0.163. The van der Waals surface area contributed by atoms with Gasteiger partial charge in [-0.25, -0.2) is 0 Å². The molecule has 8 nitrogen and oxygen atoms in total. The Morgan fingerprint density at radius 2 is 2.00 bits per heavy atom. The maximum atomic E-state index is 12.6. The van der Waals surface area contributed by atoms with Crippen molar-refractivity contribution in [2.75, 3.05) is 13.2 Å². The number of hydrogen-bond donors (Lipinski definition) is 2. The number of benzene rings is 2. The van der Waals surface area contributed by atoms with Crippen LogP contribution in [0.15, 0.2) is 36.4 Å². The summed E-state index contributed by atoms with van der Waals surface area (Å²) in [6.45, 7) is 3.27. The van der Waals surface area contributed by atoms with Crippen LogP contribution in [0.1, 0.15) is 21.5 Å². The largest absolute Gasteiger partial charge is 0.486 e. The number of hydrogen-bond acceptors (Lipinski definition) is 6. The maximum Gasteiger partial charge on any atom is 0.251 e. The molecule has 1 aliphatic heterocycles. The van der Waals surface area contributed by atoms with Gasteiger partial charge in [0.1, 0.15) is 13.2 Å². The standard InChI is InChI=1S/C18H17N5O3/c1-11-7-15-16(26-6-5-25-15)9-14(11)18(24)19-10-12-3-2-4-13(8-12)17-20-22-23-21-17/h2-4,7-9H,5-6,10H2,1H3,(H,19,24)(H,20,21,22,23). The molecule has 0 saturated carbocycles. The van der Waals surface area contributed by atoms with Gasteiger partial charge in [-0.3, -0.25) is 4.79 Å². The average Bonchev–Trinajstić information content (AvgIpc) is 3.20. The molecule has 0 fully saturated rings. The Morgan fingerprint density at radius 1 is 1.19 bits per heavy atom. The van der Waals surface area contributed by atoms with Gasteiger partial charge in [0.05, 0.1) is 0 Å². The van der Waals surface area contributed by atoms with E-state index in [0.29, 0.717) is 42.6 Å². The van der Waals surface area contributed by atoms with Crippen LogP contribution in [-0.4, -0.2) is 39.7 Å². The molecule has 0 radical (unpaired) electrons. The number of tetrazole rings is 1. The van der Waals surface area contributed by atoms with Crippen molar-refractivity contribution in [1.82, 2.24) is 25.9 Å². The summed E-state index contributed by atoms with van der Waals surface area (Å²) in [6, 6.07) is 11.2. The summed E-state index contributed by atoms with van der Waals surface area (Å²) in [7, 11) is 0. The predicted molar refractivity (Wildman–Crippen MR) is 93.0 cm³/mol. The van der Waals surface area contributed by atoms with Gasteiger partial charge in [-0.2, -0.15) is 5.21 Å². The molecule has 0 spiro atoms. The maximum absolute atomic E-state index is 12.6. The SMILES string of the molecule is Cc1cc2c(cc1C(=O)NCc1cccc(-c3nn[nH]n3)c1)OCCO2. The van der Waals surface area contributed by atoms with Crippen LogP contribution in [0.2, 0.25) is 0 Å². The monoisotopic (exact) mass is 351 g/mol. The zero-order valence-corrected chi connectivity index (χ0v) is 14.2. The highest BCUT2D eigenvalue weighted by Gasteiger charge is 2.17. The molecule has 0 bridgehead atoms. The second-order valence-corrected chi connectivity index (χ2v) is 5.93. The minimum Gasteiger partial charge on any atom is -0.486 e. The van der Waals surface area contributed by atoms with Gasteiger partial charge in [0.25, 0.3) is 5.91 Å². The summed E-state index contributed by atoms with van der Waals surface area (Å²) >= 11 is 0. The van der Waals surface area contributed by atoms with Gasteiger partial charge in [-0.05, 0) is 41.5 Å². The number of ether oxygens (including phenoxy) is 2. The van der Waals surface area contributed by atoms with Gasteiger partial charge < -0.3 is 14.8 Å². The lowest BCUT2D eigenvalue weighted by Crippen LogP contribution is -2.24. The molecule has 0 aliphatic carbocycles. The number of aromatic nitrogens is 4. The fourth-order valence-corrected chi connectivity index (χ4v) is 2.82. The number of carbonyl (C=O) groups excluding carboxylic acids is 1. The van der Waals surface area contributed by atoms with E-state index < -0.39 is 0 Å². The predicted octanol–water partition coefficient (Wildman–Crippen LogP) is 1.88. The molecule has 3 aromatic rings. The molecule has 26 heavy (non-hydrogen) atoms. The van der Waals surface area contributed by atoms with Gasteiger partial charge in [-0.15, -0.1) is 10.2 Å². The average molecular weight is 351 g/mol. The van der Waals surface area contributed by atoms with Gasteiger partial charge in [0.15, 0.2) is 11.5 Å². The number of carbonyl (C=O) groups is 1. The Bertz CT molecular complexity index is 940. The van der Waals surface area contributed by atoms with Crippen molar-refractivity contribution in [3.05, 3.63) is 53.1 Å². The number of aromatic amines is 1. The van der Waals surface area contributed by atoms with E-state index in [0.717, 1.165) is 16.7 Å². The molecule has 132 valence electrons. The summed E-state index contributed by atoms with van der Waals surface area (Å²) in [4.78, 5) is 12.6. The molecule has 4 rings (SSSR count). The second kappa shape index (κ2) is 6.83. The fourth-order valence-electron chi connectivity index (χ4n) is 2.82. The Balaban J connectivity index is 1.48. The van der Waals surface area contributed by atoms with E-state index in [9.17, 15) is 4.79 Å². The molecule has 0 saturated heterocycles. The Morgan fingerprint density at radius 3 is 2.77 bits per heavy atom. The fraction of sp³-hybridized carbons (Fsp3) is 0.222. The van der Waals surface area contributed by atoms with Crippen LogP contribution in [-0.2, 0) is 6.54 Å². The molecular formula is C18H17N5O3. The Labute approximate surface area is 149 Å². The normalized spacial score (nSPS) is 12.7. The number of nitrogens with zero attached hydrogens (tertiary/aromatic N) is 3. The molecule has 2 N–H and O–H groups in total. The molecule has 1 amide bonds. The number of amides is 1. The van der Waals surface area contributed by atoms with Crippen LogP contribution in [0.4, 0.5) is 0 Å². The zero-order chi connectivity index (χ0) is 17.9. The van der Waals surface area contributed by atoms with Crippen molar-refractivity contribution in [1.29, 1.82) is 0 Å². The molecule has 2 heterocycles. The Hall–Kier alpha value is -3.42. The zero-order valence-electron chi connectivity index (χ0n) is 14.2. The lowest BCUT2D eigenvalue weighted by molar-refractivity contribution is 0.0949. The van der Waals surface area contributed by atoms with Crippen molar-refractivity contribution in [3.8, 4) is 22.9 Å². The summed E-state index contributed by atoms with van der Waals surface area (Å²) in [6.07, 6.45) is 0. The summed E-state index contributed by atoms with van der Waals surface area (Å²) in [5.41, 5.74) is 3.19. The number of fused-ring (bicyclic) bond motifs is 1. The van der Waals surface area contributed by atoms with Crippen molar-refractivity contribution in [2.45, 2.75) is 13.5 Å². The quantitative estimate of drug-likeness (QED) is 0.744. The Kier molecular flexibility index (Phi) is 4.22. The van der Waals surface area contributed by atoms with Crippen LogP contribution in [0.3, 0.4) is 0 Å². The highest BCUT2D eigenvalue weighted by molar-refractivity contribution is 5.96. The highest BCUT2D eigenvalue weighted by Crippen LogP contribution is 2.33. The van der Waals surface area contributed by atoms with Crippen LogP contribution < -0.4 is 14.8 Å². The first-order chi connectivity index (χ1) is 12.7. The molecule has 2 aromatic carbocycles. The van der Waals surface area contributed by atoms with Crippen LogP contribution in [0.5, 0.6) is 11.5 Å². The van der Waals surface area contributed by atoms with Gasteiger partial charge >= 0.3 is 0 Å². The third-order valence-corrected chi connectivity index (χ3v) is 4.12. The van der Waals surface area contributed by atoms with E-state index in [2.05, 4.69) is 25.9 Å². The molecule has 0 atom stereocenters. The van der Waals surface area contributed by atoms with Crippen molar-refractivity contribution >= 4 is 5.91 Å². The van der Waals surface area contributed by atoms with Gasteiger partial charge in [-0.1, -0.05) is 18.2 Å². The van der Waals surface area contributed by atoms with Crippen LogP contribution >= 0.6 is 0 Å². The van der Waals surface area contributed by atoms with Crippen molar-refractivity contribution in [2.24, 2.45) is 0 Å². The van der Waals surface area contributed by atoms with Crippen LogP contribution in [0.25, 0.3) is 11.4 Å². The molecule has 8 heteroatoms. The lowest BCUT2D eigenvalue weighted by Gasteiger charge is -2.20. The van der Waals surface area contributed by atoms with E-state index in [4.69, 9.17) is 9.47 Å². The van der Waals surface area contributed by atoms with Gasteiger partial charge in [0, 0.05) is 17.7 Å². The van der Waals surface area contributed by atoms with E-state index in [1.165, 1.54) is 0 Å². The number of rotatable bonds is 4.